The van der Waals surface area contributed by atoms with E-state index in [-0.39, 0.29) is 17.6 Å². The summed E-state index contributed by atoms with van der Waals surface area (Å²) in [6.07, 6.45) is 16.1. The highest BCUT2D eigenvalue weighted by Crippen LogP contribution is 2.48. The highest BCUT2D eigenvalue weighted by atomic mass is 79.9. The molecule has 1 aliphatic carbocycles. The van der Waals surface area contributed by atoms with Crippen molar-refractivity contribution in [2.75, 3.05) is 11.6 Å². The number of nitrogens with one attached hydrogen (secondary N) is 1. The van der Waals surface area contributed by atoms with E-state index in [4.69, 9.17) is 0 Å². The molecule has 0 amide bonds. The number of benzene rings is 2. The van der Waals surface area contributed by atoms with Crippen LogP contribution in [-0.4, -0.2) is 22.1 Å². The normalized spacial score (nSPS) is 21.8. The zero-order valence-corrected chi connectivity index (χ0v) is 27.3. The van der Waals surface area contributed by atoms with E-state index >= 15 is 0 Å². The third-order valence-electron chi connectivity index (χ3n) is 8.56. The van der Waals surface area contributed by atoms with Crippen molar-refractivity contribution in [1.29, 1.82) is 0 Å². The molecular formula is C35H38Br2N3O+. The minimum Gasteiger partial charge on any atom is -0.377 e. The Morgan fingerprint density at radius 2 is 1.63 bits per heavy atom. The van der Waals surface area contributed by atoms with Crippen molar-refractivity contribution >= 4 is 48.9 Å². The first kappa shape index (κ1) is 29.6. The number of hydrogen-bond donors (Lipinski definition) is 2. The minimum atomic E-state index is -0.141. The zero-order chi connectivity index (χ0) is 29.2. The Kier molecular flexibility index (Phi) is 8.74. The van der Waals surface area contributed by atoms with E-state index in [0.717, 1.165) is 25.0 Å². The first-order valence-electron chi connectivity index (χ1n) is 14.1. The van der Waals surface area contributed by atoms with Gasteiger partial charge in [0.2, 0.25) is 5.69 Å². The summed E-state index contributed by atoms with van der Waals surface area (Å²) >= 11 is 6.98. The van der Waals surface area contributed by atoms with Crippen molar-refractivity contribution in [1.82, 2.24) is 5.32 Å². The number of rotatable bonds is 7. The predicted octanol–water partition coefficient (Wildman–Crippen LogP) is 8.94. The molecular weight excluding hydrogens is 638 g/mol. The number of hydrogen-bond acceptors (Lipinski definition) is 3. The maximum atomic E-state index is 9.98. The van der Waals surface area contributed by atoms with Crippen LogP contribution in [0.15, 0.2) is 118 Å². The van der Waals surface area contributed by atoms with Crippen LogP contribution in [0.3, 0.4) is 0 Å². The predicted molar refractivity (Wildman–Crippen MR) is 179 cm³/mol. The van der Waals surface area contributed by atoms with Crippen LogP contribution in [0, 0.1) is 0 Å². The van der Waals surface area contributed by atoms with E-state index < -0.39 is 0 Å². The van der Waals surface area contributed by atoms with Gasteiger partial charge in [-0.15, -0.1) is 0 Å². The number of para-hydroxylation sites is 2. The summed E-state index contributed by atoms with van der Waals surface area (Å²) in [5, 5.41) is 13.3. The Morgan fingerprint density at radius 3 is 2.37 bits per heavy atom. The van der Waals surface area contributed by atoms with Gasteiger partial charge < -0.3 is 15.3 Å². The van der Waals surface area contributed by atoms with E-state index in [1.54, 1.807) is 0 Å². The third-order valence-corrected chi connectivity index (χ3v) is 9.03. The van der Waals surface area contributed by atoms with Crippen LogP contribution in [0.4, 0.5) is 11.4 Å². The monoisotopic (exact) mass is 674 g/mol. The SMILES string of the molecule is CC1(C)C(/C=C/C2=C(NCO)C(=C/C=C3/N(/C=C/Br)c4ccccc4C3(C)C)/CCC2)=[N+](/C=C/Br)c2ccccc21. The number of allylic oxidation sites excluding steroid dienone is 7. The van der Waals surface area contributed by atoms with Crippen molar-refractivity contribution in [3.63, 3.8) is 0 Å². The topological polar surface area (TPSA) is 38.5 Å². The largest absolute Gasteiger partial charge is 0.377 e. The fourth-order valence-electron chi connectivity index (χ4n) is 6.50. The van der Waals surface area contributed by atoms with Gasteiger partial charge in [-0.25, -0.2) is 0 Å². The molecule has 2 aromatic carbocycles. The number of anilines is 1. The molecule has 0 atom stereocenters. The molecule has 0 bridgehead atoms. The summed E-state index contributed by atoms with van der Waals surface area (Å²) < 4.78 is 2.26. The molecule has 212 valence electrons. The number of aliphatic hydroxyl groups excluding tert-OH is 1. The van der Waals surface area contributed by atoms with E-state index in [9.17, 15) is 5.11 Å². The van der Waals surface area contributed by atoms with Crippen LogP contribution in [0.2, 0.25) is 0 Å². The lowest BCUT2D eigenvalue weighted by Crippen LogP contribution is -2.26. The van der Waals surface area contributed by atoms with E-state index in [2.05, 4.69) is 160 Å². The third kappa shape index (κ3) is 5.38. The molecule has 4 nitrogen and oxygen atoms in total. The Hall–Kier alpha value is -2.93. The molecule has 2 aromatic rings. The Bertz CT molecular complexity index is 1550. The van der Waals surface area contributed by atoms with E-state index in [1.165, 1.54) is 45.1 Å². The average Bonchev–Trinajstić information content (AvgIpc) is 3.31. The van der Waals surface area contributed by atoms with Crippen LogP contribution >= 0.6 is 31.9 Å². The molecule has 0 radical (unpaired) electrons. The highest BCUT2D eigenvalue weighted by molar-refractivity contribution is 9.11. The summed E-state index contributed by atoms with van der Waals surface area (Å²) in [6.45, 7) is 9.01. The number of fused-ring (bicyclic) bond motifs is 2. The molecule has 0 saturated carbocycles. The molecule has 2 heterocycles. The molecule has 0 saturated heterocycles. The fraction of sp³-hybridized carbons (Fsp3) is 0.286. The maximum absolute atomic E-state index is 9.98. The molecule has 41 heavy (non-hydrogen) atoms. The lowest BCUT2D eigenvalue weighted by Gasteiger charge is -2.25. The second-order valence-corrected chi connectivity index (χ2v) is 12.7. The molecule has 0 unspecified atom stereocenters. The van der Waals surface area contributed by atoms with Crippen molar-refractivity contribution in [3.8, 4) is 0 Å². The summed E-state index contributed by atoms with van der Waals surface area (Å²) in [6, 6.07) is 17.2. The van der Waals surface area contributed by atoms with Crippen LogP contribution in [0.1, 0.15) is 58.1 Å². The van der Waals surface area contributed by atoms with Crippen molar-refractivity contribution in [3.05, 3.63) is 129 Å². The van der Waals surface area contributed by atoms with E-state index in [1.807, 2.05) is 9.97 Å². The van der Waals surface area contributed by atoms with Gasteiger partial charge in [-0.1, -0.05) is 94.3 Å². The van der Waals surface area contributed by atoms with Crippen molar-refractivity contribution in [2.24, 2.45) is 0 Å². The molecule has 0 aromatic heterocycles. The lowest BCUT2D eigenvalue weighted by atomic mass is 9.81. The molecule has 0 fully saturated rings. The summed E-state index contributed by atoms with van der Waals surface area (Å²) in [5.41, 5.74) is 10.6. The standard InChI is InChI=1S/C35H37Br2N3O/c1-34(2)27-12-5-7-14-29(27)39(22-20-36)31(34)18-16-25-10-9-11-26(33(25)38-24-41)17-19-32-35(3,4)28-13-6-8-15-30(28)40(32)23-21-37/h5-8,12-23,41H,9-11,24H2,1-4H3/p+1/b22-20+,23-21+,25-16+,31-18+. The van der Waals surface area contributed by atoms with Crippen molar-refractivity contribution < 1.29 is 9.68 Å². The molecule has 0 spiro atoms. The summed E-state index contributed by atoms with van der Waals surface area (Å²) in [7, 11) is 0. The number of halogens is 2. The van der Waals surface area contributed by atoms with Gasteiger partial charge in [0.15, 0.2) is 11.9 Å². The van der Waals surface area contributed by atoms with Crippen LogP contribution in [-0.2, 0) is 10.8 Å². The Labute approximate surface area is 261 Å². The second-order valence-electron chi connectivity index (χ2n) is 11.6. The van der Waals surface area contributed by atoms with Gasteiger partial charge in [0.05, 0.1) is 5.41 Å². The Balaban J connectivity index is 1.56. The zero-order valence-electron chi connectivity index (χ0n) is 24.2. The van der Waals surface area contributed by atoms with E-state index in [0.29, 0.717) is 0 Å². The van der Waals surface area contributed by atoms with Gasteiger partial charge in [0.25, 0.3) is 0 Å². The summed E-state index contributed by atoms with van der Waals surface area (Å²) in [5.74, 6) is 0. The quantitative estimate of drug-likeness (QED) is 0.227. The van der Waals surface area contributed by atoms with Gasteiger partial charge in [-0.3, -0.25) is 0 Å². The first-order valence-corrected chi connectivity index (χ1v) is 15.9. The molecule has 5 rings (SSSR count). The smallest absolute Gasteiger partial charge is 0.215 e. The first-order chi connectivity index (χ1) is 19.7. The van der Waals surface area contributed by atoms with Crippen LogP contribution in [0.25, 0.3) is 0 Å². The summed E-state index contributed by atoms with van der Waals surface area (Å²) in [4.78, 5) is 6.07. The van der Waals surface area contributed by atoms with Gasteiger partial charge in [0, 0.05) is 51.4 Å². The number of nitrogens with zero attached hydrogens (tertiary/aromatic N) is 2. The minimum absolute atomic E-state index is 0.109. The van der Waals surface area contributed by atoms with Crippen LogP contribution in [0.5, 0.6) is 0 Å². The lowest BCUT2D eigenvalue weighted by molar-refractivity contribution is -0.356. The van der Waals surface area contributed by atoms with Gasteiger partial charge in [-0.2, -0.15) is 4.58 Å². The maximum Gasteiger partial charge on any atom is 0.215 e. The molecule has 6 heteroatoms. The second kappa shape index (κ2) is 12.1. The highest BCUT2D eigenvalue weighted by Gasteiger charge is 2.43. The average molecular weight is 677 g/mol. The molecule has 3 aliphatic rings. The van der Waals surface area contributed by atoms with Gasteiger partial charge in [-0.05, 0) is 66.9 Å². The van der Waals surface area contributed by atoms with Gasteiger partial charge in [0.1, 0.15) is 6.73 Å². The molecule has 2 N–H and O–H groups in total. The fourth-order valence-corrected chi connectivity index (χ4v) is 6.97. The molecule has 2 aliphatic heterocycles. The van der Waals surface area contributed by atoms with Crippen molar-refractivity contribution in [2.45, 2.75) is 57.8 Å². The Morgan fingerprint density at radius 1 is 0.902 bits per heavy atom. The van der Waals surface area contributed by atoms with Crippen LogP contribution < -0.4 is 10.2 Å². The number of aliphatic hydroxyl groups is 1. The van der Waals surface area contributed by atoms with Gasteiger partial charge >= 0.3 is 0 Å².